The van der Waals surface area contributed by atoms with E-state index in [1.54, 1.807) is 6.33 Å². The summed E-state index contributed by atoms with van der Waals surface area (Å²) in [5.41, 5.74) is 3.54. The molecule has 0 radical (unpaired) electrons. The van der Waals surface area contributed by atoms with Crippen molar-refractivity contribution in [3.8, 4) is 22.8 Å². The van der Waals surface area contributed by atoms with E-state index >= 15 is 0 Å². The van der Waals surface area contributed by atoms with Gasteiger partial charge in [0.1, 0.15) is 11.8 Å². The van der Waals surface area contributed by atoms with E-state index in [0.717, 1.165) is 47.3 Å². The molecule has 1 amide bonds. The van der Waals surface area contributed by atoms with Crippen LogP contribution in [-0.4, -0.2) is 31.7 Å². The van der Waals surface area contributed by atoms with Gasteiger partial charge in [-0.3, -0.25) is 4.79 Å². The minimum absolute atomic E-state index is 0.111. The third-order valence-electron chi connectivity index (χ3n) is 5.74. The van der Waals surface area contributed by atoms with Crippen LogP contribution in [0.2, 0.25) is 0 Å². The summed E-state index contributed by atoms with van der Waals surface area (Å²) >= 11 is 0. The van der Waals surface area contributed by atoms with Gasteiger partial charge in [0.2, 0.25) is 11.8 Å². The number of benzene rings is 2. The van der Waals surface area contributed by atoms with Gasteiger partial charge in [0.25, 0.3) is 0 Å². The van der Waals surface area contributed by atoms with Crippen molar-refractivity contribution in [2.24, 2.45) is 0 Å². The van der Waals surface area contributed by atoms with Crippen LogP contribution in [0.4, 0.5) is 0 Å². The Hall–Kier alpha value is -3.48. The van der Waals surface area contributed by atoms with Crippen molar-refractivity contribution in [3.63, 3.8) is 0 Å². The Balaban J connectivity index is 1.36. The molecule has 2 aromatic heterocycles. The monoisotopic (exact) mass is 401 g/mol. The maximum atomic E-state index is 11.7. The topological polar surface area (TPSA) is 85.8 Å². The third kappa shape index (κ3) is 3.47. The molecule has 5 rings (SSSR count). The van der Waals surface area contributed by atoms with Crippen molar-refractivity contribution in [1.82, 2.24) is 25.1 Å². The van der Waals surface area contributed by atoms with Gasteiger partial charge in [-0.15, -0.1) is 10.2 Å². The number of amides is 1. The van der Waals surface area contributed by atoms with Crippen LogP contribution >= 0.6 is 0 Å². The van der Waals surface area contributed by atoms with E-state index in [1.807, 2.05) is 55.5 Å². The zero-order valence-corrected chi connectivity index (χ0v) is 16.8. The summed E-state index contributed by atoms with van der Waals surface area (Å²) in [5, 5.41) is 11.6. The average molecular weight is 401 g/mol. The van der Waals surface area contributed by atoms with Crippen molar-refractivity contribution >= 4 is 17.0 Å². The maximum Gasteiger partial charge on any atom is 0.227 e. The van der Waals surface area contributed by atoms with Crippen LogP contribution in [0.15, 0.2) is 59.3 Å². The maximum absolute atomic E-state index is 11.7. The molecule has 1 N–H and O–H groups in total. The molecule has 0 aliphatic heterocycles. The van der Waals surface area contributed by atoms with E-state index < -0.39 is 0 Å². The van der Waals surface area contributed by atoms with E-state index in [4.69, 9.17) is 4.42 Å². The lowest BCUT2D eigenvalue weighted by atomic mass is 10.1. The van der Waals surface area contributed by atoms with Gasteiger partial charge >= 0.3 is 0 Å². The van der Waals surface area contributed by atoms with Crippen molar-refractivity contribution in [3.05, 3.63) is 54.9 Å². The fourth-order valence-electron chi connectivity index (χ4n) is 4.15. The number of para-hydroxylation sites is 2. The summed E-state index contributed by atoms with van der Waals surface area (Å²) in [5.74, 6) is 1.56. The quantitative estimate of drug-likeness (QED) is 0.537. The van der Waals surface area contributed by atoms with Crippen LogP contribution in [0.5, 0.6) is 0 Å². The third-order valence-corrected chi connectivity index (χ3v) is 5.74. The second kappa shape index (κ2) is 7.74. The highest BCUT2D eigenvalue weighted by Gasteiger charge is 2.28. The second-order valence-electron chi connectivity index (χ2n) is 7.71. The van der Waals surface area contributed by atoms with Gasteiger partial charge in [-0.25, -0.2) is 4.98 Å². The minimum atomic E-state index is 0.111. The van der Waals surface area contributed by atoms with Gasteiger partial charge in [-0.2, -0.15) is 0 Å². The summed E-state index contributed by atoms with van der Waals surface area (Å²) < 4.78 is 8.00. The number of rotatable bonds is 5. The molecule has 0 spiro atoms. The first-order valence-electron chi connectivity index (χ1n) is 10.4. The molecule has 7 nitrogen and oxygen atoms in total. The summed E-state index contributed by atoms with van der Waals surface area (Å²) in [6.07, 6.45) is 5.19. The number of aromatic nitrogens is 4. The summed E-state index contributed by atoms with van der Waals surface area (Å²) in [6.45, 7) is 1.88. The van der Waals surface area contributed by atoms with Crippen molar-refractivity contribution in [1.29, 1.82) is 0 Å². The van der Waals surface area contributed by atoms with Crippen LogP contribution in [0, 0.1) is 0 Å². The lowest BCUT2D eigenvalue weighted by Gasteiger charge is -2.16. The first-order valence-corrected chi connectivity index (χ1v) is 10.4. The van der Waals surface area contributed by atoms with E-state index in [9.17, 15) is 4.79 Å². The number of hydrogen-bond donors (Lipinski definition) is 1. The van der Waals surface area contributed by atoms with Gasteiger partial charge in [0.15, 0.2) is 11.4 Å². The number of carbonyl (C=O) groups is 1. The molecule has 1 saturated carbocycles. The number of oxazole rings is 1. The van der Waals surface area contributed by atoms with Crippen LogP contribution < -0.4 is 5.32 Å². The lowest BCUT2D eigenvalue weighted by molar-refractivity contribution is -0.121. The molecule has 2 aromatic carbocycles. The van der Waals surface area contributed by atoms with Gasteiger partial charge in [0, 0.05) is 29.6 Å². The molecular formula is C23H23N5O2. The van der Waals surface area contributed by atoms with Crippen LogP contribution in [0.3, 0.4) is 0 Å². The molecule has 1 fully saturated rings. The molecule has 152 valence electrons. The van der Waals surface area contributed by atoms with E-state index in [-0.39, 0.29) is 18.0 Å². The molecule has 7 heteroatoms. The SMILES string of the molecule is CCC(=O)N[C@H]1CC[C@@H](n2cnnc2-c2ccc(-c3nc4ccccc4o3)cc2)C1. The van der Waals surface area contributed by atoms with E-state index in [2.05, 4.69) is 25.1 Å². The highest BCUT2D eigenvalue weighted by Crippen LogP contribution is 2.34. The standard InChI is InChI=1S/C23H23N5O2/c1-2-21(29)25-17-11-12-18(13-17)28-14-24-27-22(28)15-7-9-16(10-8-15)23-26-19-5-3-4-6-20(19)30-23/h3-10,14,17-18H,2,11-13H2,1H3,(H,25,29)/t17-,18+/m0/s1. The first-order chi connectivity index (χ1) is 14.7. The Morgan fingerprint density at radius 3 is 2.73 bits per heavy atom. The van der Waals surface area contributed by atoms with Gasteiger partial charge in [0.05, 0.1) is 0 Å². The van der Waals surface area contributed by atoms with Crippen molar-refractivity contribution in [2.45, 2.75) is 44.7 Å². The first kappa shape index (κ1) is 18.5. The lowest BCUT2D eigenvalue weighted by Crippen LogP contribution is -2.32. The molecule has 1 aliphatic rings. The van der Waals surface area contributed by atoms with Crippen LogP contribution in [0.25, 0.3) is 33.9 Å². The van der Waals surface area contributed by atoms with Crippen LogP contribution in [0.1, 0.15) is 38.6 Å². The molecule has 1 aliphatic carbocycles. The number of nitrogens with zero attached hydrogens (tertiary/aromatic N) is 4. The summed E-state index contributed by atoms with van der Waals surface area (Å²) in [7, 11) is 0. The highest BCUT2D eigenvalue weighted by molar-refractivity contribution is 5.76. The smallest absolute Gasteiger partial charge is 0.227 e. The fraction of sp³-hybridized carbons (Fsp3) is 0.304. The fourth-order valence-corrected chi connectivity index (χ4v) is 4.15. The molecule has 0 unspecified atom stereocenters. The number of fused-ring (bicyclic) bond motifs is 1. The van der Waals surface area contributed by atoms with Crippen molar-refractivity contribution < 1.29 is 9.21 Å². The number of nitrogens with one attached hydrogen (secondary N) is 1. The molecule has 2 heterocycles. The second-order valence-corrected chi connectivity index (χ2v) is 7.71. The van der Waals surface area contributed by atoms with Gasteiger partial charge in [-0.1, -0.05) is 31.2 Å². The summed E-state index contributed by atoms with van der Waals surface area (Å²) in [4.78, 5) is 16.3. The highest BCUT2D eigenvalue weighted by atomic mass is 16.3. The van der Waals surface area contributed by atoms with Crippen LogP contribution in [-0.2, 0) is 4.79 Å². The molecule has 0 saturated heterocycles. The average Bonchev–Trinajstić information content (AvgIpc) is 3.52. The number of carbonyl (C=O) groups excluding carboxylic acids is 1. The predicted octanol–water partition coefficient (Wildman–Crippen LogP) is 4.37. The normalized spacial score (nSPS) is 18.7. The predicted molar refractivity (Wildman–Crippen MR) is 114 cm³/mol. The Kier molecular flexibility index (Phi) is 4.78. The molecular weight excluding hydrogens is 378 g/mol. The Morgan fingerprint density at radius 2 is 1.93 bits per heavy atom. The molecule has 4 aromatic rings. The minimum Gasteiger partial charge on any atom is -0.436 e. The van der Waals surface area contributed by atoms with Crippen molar-refractivity contribution in [2.75, 3.05) is 0 Å². The molecule has 30 heavy (non-hydrogen) atoms. The van der Waals surface area contributed by atoms with E-state index in [0.29, 0.717) is 12.3 Å². The largest absolute Gasteiger partial charge is 0.436 e. The zero-order valence-electron chi connectivity index (χ0n) is 16.8. The Morgan fingerprint density at radius 1 is 1.13 bits per heavy atom. The molecule has 2 atom stereocenters. The number of hydrogen-bond acceptors (Lipinski definition) is 5. The van der Waals surface area contributed by atoms with Gasteiger partial charge in [-0.05, 0) is 43.5 Å². The van der Waals surface area contributed by atoms with Gasteiger partial charge < -0.3 is 14.3 Å². The Bertz CT molecular complexity index is 1140. The Labute approximate surface area is 174 Å². The zero-order chi connectivity index (χ0) is 20.5. The van der Waals surface area contributed by atoms with E-state index in [1.165, 1.54) is 0 Å². The molecule has 0 bridgehead atoms. The summed E-state index contributed by atoms with van der Waals surface area (Å²) in [6, 6.07) is 16.3.